The molecule has 0 bridgehead atoms. The van der Waals surface area contributed by atoms with Crippen molar-refractivity contribution >= 4 is 11.9 Å². The highest BCUT2D eigenvalue weighted by molar-refractivity contribution is 6.01. The largest absolute Gasteiger partial charge is 0.480 e. The first-order valence-electron chi connectivity index (χ1n) is 6.05. The van der Waals surface area contributed by atoms with E-state index in [4.69, 9.17) is 0 Å². The van der Waals surface area contributed by atoms with Gasteiger partial charge in [0.05, 0.1) is 0 Å². The summed E-state index contributed by atoms with van der Waals surface area (Å²) < 4.78 is 0. The summed E-state index contributed by atoms with van der Waals surface area (Å²) in [5.41, 5.74) is -1.25. The average molecular weight is 227 g/mol. The molecule has 1 amide bonds. The Labute approximate surface area is 96.4 Å². The Balaban J connectivity index is 2.54. The molecule has 0 aromatic heterocycles. The quantitative estimate of drug-likeness (QED) is 0.516. The minimum Gasteiger partial charge on any atom is -0.480 e. The number of hydrogen-bond donors (Lipinski definition) is 2. The number of unbranched alkanes of at least 4 members (excludes halogenated alkanes) is 2. The van der Waals surface area contributed by atoms with E-state index >= 15 is 0 Å². The van der Waals surface area contributed by atoms with Crippen LogP contribution in [0.4, 0.5) is 0 Å². The number of hydrogen-bond acceptors (Lipinski definition) is 2. The Morgan fingerprint density at radius 2 is 2.00 bits per heavy atom. The molecule has 1 aliphatic carbocycles. The lowest BCUT2D eigenvalue weighted by Gasteiger charge is -2.23. The van der Waals surface area contributed by atoms with Gasteiger partial charge < -0.3 is 10.4 Å². The molecule has 0 aromatic carbocycles. The van der Waals surface area contributed by atoms with Crippen LogP contribution in [-0.4, -0.2) is 23.0 Å². The second-order valence-electron chi connectivity index (χ2n) is 4.84. The zero-order valence-electron chi connectivity index (χ0n) is 10.1. The highest BCUT2D eigenvalue weighted by atomic mass is 16.4. The van der Waals surface area contributed by atoms with Crippen molar-refractivity contribution in [3.05, 3.63) is 0 Å². The van der Waals surface area contributed by atoms with Gasteiger partial charge in [0.1, 0.15) is 5.41 Å². The number of aliphatic carboxylic acids is 1. The van der Waals surface area contributed by atoms with Crippen molar-refractivity contribution in [2.24, 2.45) is 5.41 Å². The zero-order valence-corrected chi connectivity index (χ0v) is 10.1. The van der Waals surface area contributed by atoms with Crippen LogP contribution in [-0.2, 0) is 9.59 Å². The van der Waals surface area contributed by atoms with Crippen LogP contribution in [0.5, 0.6) is 0 Å². The molecule has 1 atom stereocenters. The third-order valence-corrected chi connectivity index (χ3v) is 3.17. The lowest BCUT2D eigenvalue weighted by atomic mass is 9.83. The number of carboxylic acid groups (broad SMARTS) is 1. The van der Waals surface area contributed by atoms with Crippen molar-refractivity contribution in [1.82, 2.24) is 5.32 Å². The van der Waals surface area contributed by atoms with Crippen molar-refractivity contribution in [3.8, 4) is 0 Å². The second-order valence-corrected chi connectivity index (χ2v) is 4.84. The van der Waals surface area contributed by atoms with Crippen molar-refractivity contribution in [1.29, 1.82) is 0 Å². The van der Waals surface area contributed by atoms with E-state index in [1.165, 1.54) is 6.92 Å². The summed E-state index contributed by atoms with van der Waals surface area (Å²) in [7, 11) is 0. The highest BCUT2D eigenvalue weighted by Crippen LogP contribution is 2.28. The third-order valence-electron chi connectivity index (χ3n) is 3.17. The van der Waals surface area contributed by atoms with Crippen LogP contribution >= 0.6 is 0 Å². The van der Waals surface area contributed by atoms with Gasteiger partial charge in [-0.05, 0) is 26.2 Å². The van der Waals surface area contributed by atoms with Crippen molar-refractivity contribution in [3.63, 3.8) is 0 Å². The smallest absolute Gasteiger partial charge is 0.318 e. The van der Waals surface area contributed by atoms with Crippen molar-refractivity contribution in [2.75, 3.05) is 0 Å². The summed E-state index contributed by atoms with van der Waals surface area (Å²) in [6.45, 7) is 3.59. The first-order valence-corrected chi connectivity index (χ1v) is 6.05. The molecular formula is C12H21NO3. The number of nitrogens with one attached hydrogen (secondary N) is 1. The molecule has 0 aromatic rings. The molecule has 1 fully saturated rings. The fourth-order valence-electron chi connectivity index (χ4n) is 1.62. The Morgan fingerprint density at radius 1 is 1.38 bits per heavy atom. The van der Waals surface area contributed by atoms with Gasteiger partial charge >= 0.3 is 5.97 Å². The molecule has 0 spiro atoms. The second kappa shape index (κ2) is 5.32. The predicted octanol–water partition coefficient (Wildman–Crippen LogP) is 1.94. The van der Waals surface area contributed by atoms with E-state index < -0.39 is 11.4 Å². The monoisotopic (exact) mass is 227 g/mol. The van der Waals surface area contributed by atoms with Gasteiger partial charge in [-0.3, -0.25) is 9.59 Å². The van der Waals surface area contributed by atoms with E-state index in [1.807, 2.05) is 0 Å². The maximum Gasteiger partial charge on any atom is 0.318 e. The summed E-state index contributed by atoms with van der Waals surface area (Å²) in [5, 5.41) is 12.0. The standard InChI is InChI=1S/C12H21NO3/c1-3-4-5-8-12(2,11(15)16)10(14)13-9-6-7-9/h9H,3-8H2,1-2H3,(H,13,14)(H,15,16). The summed E-state index contributed by atoms with van der Waals surface area (Å²) in [6, 6.07) is 0.220. The summed E-state index contributed by atoms with van der Waals surface area (Å²) >= 11 is 0. The van der Waals surface area contributed by atoms with Crippen LogP contribution in [0.2, 0.25) is 0 Å². The summed E-state index contributed by atoms with van der Waals surface area (Å²) in [5.74, 6) is -1.33. The van der Waals surface area contributed by atoms with Gasteiger partial charge in [0.2, 0.25) is 5.91 Å². The number of amides is 1. The molecule has 0 aliphatic heterocycles. The molecule has 1 unspecified atom stereocenters. The van der Waals surface area contributed by atoms with E-state index in [-0.39, 0.29) is 11.9 Å². The Morgan fingerprint density at radius 3 is 2.44 bits per heavy atom. The molecule has 4 nitrogen and oxygen atoms in total. The van der Waals surface area contributed by atoms with Crippen LogP contribution < -0.4 is 5.32 Å². The minimum atomic E-state index is -1.25. The molecular weight excluding hydrogens is 206 g/mol. The van der Waals surface area contributed by atoms with Crippen LogP contribution in [0.15, 0.2) is 0 Å². The van der Waals surface area contributed by atoms with E-state index in [9.17, 15) is 14.7 Å². The number of carboxylic acids is 1. The normalized spacial score (nSPS) is 18.9. The van der Waals surface area contributed by atoms with Crippen LogP contribution in [0, 0.1) is 5.41 Å². The van der Waals surface area contributed by atoms with Crippen LogP contribution in [0.1, 0.15) is 52.4 Å². The van der Waals surface area contributed by atoms with Gasteiger partial charge in [0.15, 0.2) is 0 Å². The van der Waals surface area contributed by atoms with Gasteiger partial charge in [-0.15, -0.1) is 0 Å². The van der Waals surface area contributed by atoms with E-state index in [2.05, 4.69) is 12.2 Å². The molecule has 1 rings (SSSR count). The molecule has 16 heavy (non-hydrogen) atoms. The first kappa shape index (κ1) is 13.0. The molecule has 1 aliphatic rings. The molecule has 4 heteroatoms. The Bertz CT molecular complexity index is 273. The molecule has 2 N–H and O–H groups in total. The average Bonchev–Trinajstić information content (AvgIpc) is 3.01. The fraction of sp³-hybridized carbons (Fsp3) is 0.833. The van der Waals surface area contributed by atoms with Crippen LogP contribution in [0.3, 0.4) is 0 Å². The topological polar surface area (TPSA) is 66.4 Å². The lowest BCUT2D eigenvalue weighted by Crippen LogP contribution is -2.45. The fourth-order valence-corrected chi connectivity index (χ4v) is 1.62. The molecule has 92 valence electrons. The van der Waals surface area contributed by atoms with Gasteiger partial charge in [-0.2, -0.15) is 0 Å². The van der Waals surface area contributed by atoms with Crippen molar-refractivity contribution in [2.45, 2.75) is 58.4 Å². The highest BCUT2D eigenvalue weighted by Gasteiger charge is 2.42. The zero-order chi connectivity index (χ0) is 12.2. The lowest BCUT2D eigenvalue weighted by molar-refractivity contribution is -0.155. The Kier molecular flexibility index (Phi) is 4.33. The minimum absolute atomic E-state index is 0.220. The van der Waals surface area contributed by atoms with Crippen molar-refractivity contribution < 1.29 is 14.7 Å². The third kappa shape index (κ3) is 3.22. The molecule has 0 heterocycles. The van der Waals surface area contributed by atoms with Gasteiger partial charge in [-0.25, -0.2) is 0 Å². The SMILES string of the molecule is CCCCCC(C)(C(=O)O)C(=O)NC1CC1. The maximum absolute atomic E-state index is 11.9. The predicted molar refractivity (Wildman–Crippen MR) is 61.0 cm³/mol. The Hall–Kier alpha value is -1.06. The van der Waals surface area contributed by atoms with E-state index in [0.29, 0.717) is 6.42 Å². The number of carbonyl (C=O) groups excluding carboxylic acids is 1. The number of carbonyl (C=O) groups is 2. The van der Waals surface area contributed by atoms with Crippen LogP contribution in [0.25, 0.3) is 0 Å². The van der Waals surface area contributed by atoms with E-state index in [1.54, 1.807) is 0 Å². The summed E-state index contributed by atoms with van der Waals surface area (Å²) in [4.78, 5) is 23.1. The molecule has 0 saturated heterocycles. The van der Waals surface area contributed by atoms with Gasteiger partial charge in [0, 0.05) is 6.04 Å². The number of rotatable bonds is 7. The van der Waals surface area contributed by atoms with E-state index in [0.717, 1.165) is 32.1 Å². The summed E-state index contributed by atoms with van der Waals surface area (Å²) in [6.07, 6.45) is 5.18. The molecule has 1 saturated carbocycles. The maximum atomic E-state index is 11.9. The first-order chi connectivity index (χ1) is 7.50. The van der Waals surface area contributed by atoms with Gasteiger partial charge in [-0.1, -0.05) is 26.2 Å². The van der Waals surface area contributed by atoms with Gasteiger partial charge in [0.25, 0.3) is 0 Å². The molecule has 0 radical (unpaired) electrons.